The first kappa shape index (κ1) is 13.7. The van der Waals surface area contributed by atoms with Crippen molar-refractivity contribution in [2.75, 3.05) is 5.73 Å². The van der Waals surface area contributed by atoms with E-state index in [-0.39, 0.29) is 6.42 Å². The van der Waals surface area contributed by atoms with Gasteiger partial charge in [-0.2, -0.15) is 13.2 Å². The topological polar surface area (TPSA) is 43.8 Å². The summed E-state index contributed by atoms with van der Waals surface area (Å²) in [6.45, 7) is 2.42. The molecule has 6 heteroatoms. The molecular weight excluding hydrogens is 255 g/mol. The highest BCUT2D eigenvalue weighted by Gasteiger charge is 2.25. The molecule has 1 heterocycles. The van der Waals surface area contributed by atoms with E-state index in [0.29, 0.717) is 18.9 Å². The molecule has 0 saturated heterocycles. The number of aromatic nitrogens is 2. The fourth-order valence-corrected chi connectivity index (χ4v) is 2.09. The van der Waals surface area contributed by atoms with Crippen LogP contribution in [-0.2, 0) is 6.54 Å². The number of nitrogen functional groups attached to an aromatic ring is 1. The lowest BCUT2D eigenvalue weighted by Gasteiger charge is -2.08. The smallest absolute Gasteiger partial charge is 0.369 e. The third kappa shape index (κ3) is 3.39. The number of hydrogen-bond acceptors (Lipinski definition) is 2. The summed E-state index contributed by atoms with van der Waals surface area (Å²) < 4.78 is 37.9. The summed E-state index contributed by atoms with van der Waals surface area (Å²) in [7, 11) is 0. The van der Waals surface area contributed by atoms with Crippen molar-refractivity contribution in [2.24, 2.45) is 0 Å². The number of nitrogens with two attached hydrogens (primary N) is 1. The molecule has 2 N–H and O–H groups in total. The summed E-state index contributed by atoms with van der Waals surface area (Å²) in [5.74, 6) is 0.354. The molecule has 0 bridgehead atoms. The number of anilines is 1. The van der Waals surface area contributed by atoms with E-state index in [4.69, 9.17) is 5.73 Å². The molecule has 0 saturated carbocycles. The predicted octanol–water partition coefficient (Wildman–Crippen LogP) is 3.66. The van der Waals surface area contributed by atoms with Crippen LogP contribution in [0.15, 0.2) is 18.2 Å². The number of halogens is 3. The Bertz CT molecular complexity index is 572. The average Bonchev–Trinajstić information content (AvgIpc) is 2.58. The molecule has 2 rings (SSSR count). The van der Waals surface area contributed by atoms with Crippen LogP contribution in [0.5, 0.6) is 0 Å². The van der Waals surface area contributed by atoms with Gasteiger partial charge in [0.25, 0.3) is 0 Å². The van der Waals surface area contributed by atoms with Gasteiger partial charge in [-0.25, -0.2) is 4.98 Å². The van der Waals surface area contributed by atoms with Crippen LogP contribution in [0.3, 0.4) is 0 Å². The molecule has 0 aliphatic heterocycles. The van der Waals surface area contributed by atoms with Crippen molar-refractivity contribution in [1.29, 1.82) is 0 Å². The van der Waals surface area contributed by atoms with Crippen LogP contribution in [-0.4, -0.2) is 15.7 Å². The number of alkyl halides is 3. The number of hydrogen-bond donors (Lipinski definition) is 1. The molecule has 0 radical (unpaired) electrons. The number of unbranched alkanes of at least 4 members (excludes halogenated alkanes) is 1. The van der Waals surface area contributed by atoms with E-state index in [0.717, 1.165) is 16.6 Å². The minimum atomic E-state index is -4.08. The van der Waals surface area contributed by atoms with Gasteiger partial charge in [0.05, 0.1) is 11.0 Å². The van der Waals surface area contributed by atoms with Gasteiger partial charge in [0.1, 0.15) is 0 Å². The van der Waals surface area contributed by atoms with E-state index in [1.807, 2.05) is 25.1 Å². The maximum Gasteiger partial charge on any atom is 0.389 e. The molecular formula is C13H16F3N3. The number of aryl methyl sites for hydroxylation is 2. The Labute approximate surface area is 109 Å². The van der Waals surface area contributed by atoms with Gasteiger partial charge in [0, 0.05) is 13.0 Å². The second-order valence-electron chi connectivity index (χ2n) is 4.69. The minimum absolute atomic E-state index is 0.106. The third-order valence-corrected chi connectivity index (χ3v) is 3.03. The zero-order valence-corrected chi connectivity index (χ0v) is 10.7. The van der Waals surface area contributed by atoms with Gasteiger partial charge >= 0.3 is 6.18 Å². The van der Waals surface area contributed by atoms with Crippen molar-refractivity contribution in [3.05, 3.63) is 23.8 Å². The first-order valence-electron chi connectivity index (χ1n) is 6.16. The normalized spacial score (nSPS) is 12.2. The van der Waals surface area contributed by atoms with Gasteiger partial charge < -0.3 is 10.3 Å². The number of benzene rings is 1. The lowest BCUT2D eigenvalue weighted by Crippen LogP contribution is -2.08. The van der Waals surface area contributed by atoms with Crippen LogP contribution in [0.25, 0.3) is 11.0 Å². The third-order valence-electron chi connectivity index (χ3n) is 3.03. The quantitative estimate of drug-likeness (QED) is 0.862. The summed E-state index contributed by atoms with van der Waals surface area (Å²) >= 11 is 0. The molecule has 0 atom stereocenters. The number of fused-ring (bicyclic) bond motifs is 1. The van der Waals surface area contributed by atoms with E-state index >= 15 is 0 Å². The lowest BCUT2D eigenvalue weighted by molar-refractivity contribution is -0.135. The summed E-state index contributed by atoms with van der Waals surface area (Å²) in [6, 6.07) is 5.76. The second-order valence-corrected chi connectivity index (χ2v) is 4.69. The maximum absolute atomic E-state index is 12.1. The summed E-state index contributed by atoms with van der Waals surface area (Å²) in [6.07, 6.45) is -4.30. The monoisotopic (exact) mass is 271 g/mol. The van der Waals surface area contributed by atoms with Gasteiger partial charge in [-0.15, -0.1) is 0 Å². The van der Waals surface area contributed by atoms with Crippen LogP contribution < -0.4 is 5.73 Å². The molecule has 2 aromatic rings. The number of imidazole rings is 1. The highest BCUT2D eigenvalue weighted by molar-refractivity contribution is 5.79. The first-order chi connectivity index (χ1) is 8.87. The highest BCUT2D eigenvalue weighted by atomic mass is 19.4. The Kier molecular flexibility index (Phi) is 3.68. The SMILES string of the molecule is Cc1ccc2c(c1)nc(N)n2CCCCC(F)(F)F. The van der Waals surface area contributed by atoms with Crippen LogP contribution >= 0.6 is 0 Å². The summed E-state index contributed by atoms with van der Waals surface area (Å²) in [5.41, 5.74) is 8.53. The van der Waals surface area contributed by atoms with Crippen molar-refractivity contribution >= 4 is 17.0 Å². The van der Waals surface area contributed by atoms with Gasteiger partial charge in [0.15, 0.2) is 0 Å². The Hall–Kier alpha value is -1.72. The fraction of sp³-hybridized carbons (Fsp3) is 0.462. The molecule has 0 aliphatic rings. The molecule has 3 nitrogen and oxygen atoms in total. The zero-order valence-electron chi connectivity index (χ0n) is 10.7. The van der Waals surface area contributed by atoms with Gasteiger partial charge in [0.2, 0.25) is 5.95 Å². The van der Waals surface area contributed by atoms with Crippen molar-refractivity contribution in [3.8, 4) is 0 Å². The van der Waals surface area contributed by atoms with E-state index < -0.39 is 12.6 Å². The Balaban J connectivity index is 2.06. The molecule has 0 amide bonds. The predicted molar refractivity (Wildman–Crippen MR) is 68.8 cm³/mol. The van der Waals surface area contributed by atoms with Crippen molar-refractivity contribution in [1.82, 2.24) is 9.55 Å². The maximum atomic E-state index is 12.1. The van der Waals surface area contributed by atoms with E-state index in [1.165, 1.54) is 0 Å². The first-order valence-corrected chi connectivity index (χ1v) is 6.16. The Morgan fingerprint density at radius 1 is 1.26 bits per heavy atom. The Morgan fingerprint density at radius 3 is 2.68 bits per heavy atom. The summed E-state index contributed by atoms with van der Waals surface area (Å²) in [5, 5.41) is 0. The van der Waals surface area contributed by atoms with Crippen LogP contribution in [0.1, 0.15) is 24.8 Å². The molecule has 104 valence electrons. The fourth-order valence-electron chi connectivity index (χ4n) is 2.09. The van der Waals surface area contributed by atoms with Gasteiger partial charge in [-0.1, -0.05) is 6.07 Å². The molecule has 19 heavy (non-hydrogen) atoms. The lowest BCUT2D eigenvalue weighted by atomic mass is 10.2. The molecule has 0 fully saturated rings. The minimum Gasteiger partial charge on any atom is -0.369 e. The Morgan fingerprint density at radius 2 is 2.00 bits per heavy atom. The number of nitrogens with zero attached hydrogens (tertiary/aromatic N) is 2. The standard InChI is InChI=1S/C13H16F3N3/c1-9-4-5-11-10(8-9)18-12(17)19(11)7-3-2-6-13(14,15)16/h4-5,8H,2-3,6-7H2,1H3,(H2,17,18). The van der Waals surface area contributed by atoms with E-state index in [2.05, 4.69) is 4.98 Å². The summed E-state index contributed by atoms with van der Waals surface area (Å²) in [4.78, 5) is 4.22. The molecule has 0 aliphatic carbocycles. The van der Waals surface area contributed by atoms with E-state index in [9.17, 15) is 13.2 Å². The largest absolute Gasteiger partial charge is 0.389 e. The van der Waals surface area contributed by atoms with E-state index in [1.54, 1.807) is 4.57 Å². The molecule has 0 spiro atoms. The van der Waals surface area contributed by atoms with Crippen molar-refractivity contribution in [2.45, 2.75) is 38.9 Å². The highest BCUT2D eigenvalue weighted by Crippen LogP contribution is 2.24. The van der Waals surface area contributed by atoms with Crippen LogP contribution in [0, 0.1) is 6.92 Å². The second kappa shape index (κ2) is 5.11. The molecule has 0 unspecified atom stereocenters. The molecule has 1 aromatic heterocycles. The van der Waals surface area contributed by atoms with Crippen molar-refractivity contribution < 1.29 is 13.2 Å². The van der Waals surface area contributed by atoms with Crippen molar-refractivity contribution in [3.63, 3.8) is 0 Å². The molecule has 1 aromatic carbocycles. The zero-order chi connectivity index (χ0) is 14.0. The van der Waals surface area contributed by atoms with Gasteiger partial charge in [-0.05, 0) is 37.5 Å². The van der Waals surface area contributed by atoms with Crippen LogP contribution in [0.2, 0.25) is 0 Å². The number of rotatable bonds is 4. The van der Waals surface area contributed by atoms with Crippen LogP contribution in [0.4, 0.5) is 19.1 Å². The average molecular weight is 271 g/mol. The van der Waals surface area contributed by atoms with Gasteiger partial charge in [-0.3, -0.25) is 0 Å².